The SMILES string of the molecule is C=Cc1cnc2c(C)coc2c1.CC(C)(C)OC(N)=O.COC=O. The summed E-state index contributed by atoms with van der Waals surface area (Å²) in [5.41, 5.74) is 8.07. The van der Waals surface area contributed by atoms with E-state index in [-0.39, 0.29) is 0 Å². The van der Waals surface area contributed by atoms with E-state index < -0.39 is 11.7 Å². The minimum atomic E-state index is -0.725. The lowest BCUT2D eigenvalue weighted by Crippen LogP contribution is -2.27. The van der Waals surface area contributed by atoms with E-state index in [0.717, 1.165) is 22.2 Å². The molecule has 0 aromatic carbocycles. The summed E-state index contributed by atoms with van der Waals surface area (Å²) in [5, 5.41) is 0. The first-order chi connectivity index (χ1) is 11.1. The van der Waals surface area contributed by atoms with Crippen LogP contribution in [0.5, 0.6) is 0 Å². The summed E-state index contributed by atoms with van der Waals surface area (Å²) in [6.45, 7) is 11.3. The fraction of sp³-hybridized carbons (Fsp3) is 0.353. The first-order valence-electron chi connectivity index (χ1n) is 7.05. The Morgan fingerprint density at radius 2 is 2.00 bits per heavy atom. The van der Waals surface area contributed by atoms with Crippen molar-refractivity contribution in [2.75, 3.05) is 7.11 Å². The molecule has 0 saturated heterocycles. The van der Waals surface area contributed by atoms with E-state index in [1.54, 1.807) is 39.3 Å². The Morgan fingerprint density at radius 1 is 1.42 bits per heavy atom. The molecule has 0 aliphatic rings. The van der Waals surface area contributed by atoms with Gasteiger partial charge in [-0.2, -0.15) is 0 Å². The van der Waals surface area contributed by atoms with E-state index in [4.69, 9.17) is 14.9 Å². The summed E-state index contributed by atoms with van der Waals surface area (Å²) < 4.78 is 13.7. The molecule has 0 saturated carbocycles. The number of nitrogens with two attached hydrogens (primary N) is 1. The number of amides is 1. The lowest BCUT2D eigenvalue weighted by Gasteiger charge is -2.16. The van der Waals surface area contributed by atoms with Crippen molar-refractivity contribution in [1.29, 1.82) is 0 Å². The normalized spacial score (nSPS) is 9.71. The molecule has 0 atom stereocenters. The second-order valence-electron chi connectivity index (χ2n) is 5.60. The Hall–Kier alpha value is -2.83. The van der Waals surface area contributed by atoms with Gasteiger partial charge in [0.15, 0.2) is 5.58 Å². The molecule has 0 aliphatic heterocycles. The number of aryl methyl sites for hydroxylation is 1. The quantitative estimate of drug-likeness (QED) is 0.842. The molecule has 7 nitrogen and oxygen atoms in total. The van der Waals surface area contributed by atoms with Crippen molar-refractivity contribution in [3.8, 4) is 0 Å². The molecular formula is C17H24N2O5. The molecular weight excluding hydrogens is 312 g/mol. The van der Waals surface area contributed by atoms with Crippen molar-refractivity contribution in [3.63, 3.8) is 0 Å². The van der Waals surface area contributed by atoms with Crippen molar-refractivity contribution >= 4 is 29.7 Å². The van der Waals surface area contributed by atoms with Crippen LogP contribution in [0.25, 0.3) is 17.2 Å². The number of pyridine rings is 1. The average Bonchev–Trinajstić information content (AvgIpc) is 2.86. The number of carbonyl (C=O) groups excluding carboxylic acids is 2. The van der Waals surface area contributed by atoms with Crippen LogP contribution >= 0.6 is 0 Å². The standard InChI is InChI=1S/C10H9NO.C5H11NO2.C2H4O2/c1-3-8-4-9-10(11-5-8)7(2)6-12-9;1-5(2,3)8-4(6)7;1-4-2-3/h3-6H,1H2,2H3;1-3H3,(H2,6,7);2H,1H3. The molecule has 132 valence electrons. The Kier molecular flexibility index (Phi) is 8.86. The van der Waals surface area contributed by atoms with E-state index >= 15 is 0 Å². The molecule has 1 amide bonds. The number of hydrogen-bond donors (Lipinski definition) is 1. The molecule has 24 heavy (non-hydrogen) atoms. The maximum Gasteiger partial charge on any atom is 0.405 e. The molecule has 2 aromatic heterocycles. The van der Waals surface area contributed by atoms with E-state index in [1.165, 1.54) is 7.11 Å². The number of ether oxygens (including phenoxy) is 2. The zero-order valence-corrected chi connectivity index (χ0v) is 14.7. The third-order valence-corrected chi connectivity index (χ3v) is 2.35. The molecule has 0 unspecified atom stereocenters. The van der Waals surface area contributed by atoms with Crippen LogP contribution in [0.2, 0.25) is 0 Å². The summed E-state index contributed by atoms with van der Waals surface area (Å²) in [6.07, 6.45) is 4.53. The number of nitrogens with zero attached hydrogens (tertiary/aromatic N) is 1. The molecule has 0 radical (unpaired) electrons. The predicted octanol–water partition coefficient (Wildman–Crippen LogP) is 3.45. The Morgan fingerprint density at radius 3 is 2.38 bits per heavy atom. The second-order valence-corrected chi connectivity index (χ2v) is 5.60. The monoisotopic (exact) mass is 336 g/mol. The second kappa shape index (κ2) is 10.0. The van der Waals surface area contributed by atoms with Crippen molar-refractivity contribution in [3.05, 3.63) is 36.2 Å². The zero-order valence-electron chi connectivity index (χ0n) is 14.7. The molecule has 2 aromatic rings. The number of rotatable bonds is 2. The fourth-order valence-corrected chi connectivity index (χ4v) is 1.47. The molecule has 2 heterocycles. The lowest BCUT2D eigenvalue weighted by atomic mass is 10.2. The largest absolute Gasteiger partial charge is 0.471 e. The van der Waals surface area contributed by atoms with Gasteiger partial charge in [-0.3, -0.25) is 9.78 Å². The summed E-state index contributed by atoms with van der Waals surface area (Å²) in [7, 11) is 1.31. The van der Waals surface area contributed by atoms with Crippen LogP contribution in [0.1, 0.15) is 31.9 Å². The maximum absolute atomic E-state index is 10.0. The Balaban J connectivity index is 0.000000384. The van der Waals surface area contributed by atoms with Crippen molar-refractivity contribution in [2.24, 2.45) is 5.73 Å². The first kappa shape index (κ1) is 21.2. The van der Waals surface area contributed by atoms with Crippen LogP contribution in [0.15, 0.2) is 29.5 Å². The van der Waals surface area contributed by atoms with Gasteiger partial charge in [0, 0.05) is 11.8 Å². The van der Waals surface area contributed by atoms with Gasteiger partial charge in [-0.1, -0.05) is 12.7 Å². The molecule has 0 spiro atoms. The first-order valence-corrected chi connectivity index (χ1v) is 7.05. The number of fused-ring (bicyclic) bond motifs is 1. The van der Waals surface area contributed by atoms with Crippen LogP contribution in [-0.2, 0) is 14.3 Å². The predicted molar refractivity (Wildman–Crippen MR) is 92.3 cm³/mol. The van der Waals surface area contributed by atoms with E-state index in [2.05, 4.69) is 21.0 Å². The Bertz CT molecular complexity index is 671. The third kappa shape index (κ3) is 8.57. The third-order valence-electron chi connectivity index (χ3n) is 2.35. The molecule has 0 aliphatic carbocycles. The van der Waals surface area contributed by atoms with E-state index in [9.17, 15) is 4.79 Å². The minimum absolute atomic E-state index is 0.375. The summed E-state index contributed by atoms with van der Waals surface area (Å²) in [4.78, 5) is 23.2. The van der Waals surface area contributed by atoms with E-state index in [1.807, 2.05) is 13.0 Å². The number of primary amides is 1. The van der Waals surface area contributed by atoms with Gasteiger partial charge in [-0.05, 0) is 39.3 Å². The van der Waals surface area contributed by atoms with Gasteiger partial charge in [0.05, 0.1) is 13.4 Å². The van der Waals surface area contributed by atoms with Gasteiger partial charge < -0.3 is 19.6 Å². The summed E-state index contributed by atoms with van der Waals surface area (Å²) >= 11 is 0. The van der Waals surface area contributed by atoms with Gasteiger partial charge in [-0.25, -0.2) is 4.79 Å². The summed E-state index contributed by atoms with van der Waals surface area (Å²) in [5.74, 6) is 0. The average molecular weight is 336 g/mol. The van der Waals surface area contributed by atoms with Crippen LogP contribution in [0.4, 0.5) is 4.79 Å². The fourth-order valence-electron chi connectivity index (χ4n) is 1.47. The lowest BCUT2D eigenvalue weighted by molar-refractivity contribution is -0.126. The number of furan rings is 1. The highest BCUT2D eigenvalue weighted by Crippen LogP contribution is 2.18. The number of methoxy groups -OCH3 is 1. The van der Waals surface area contributed by atoms with Crippen LogP contribution in [0, 0.1) is 6.92 Å². The molecule has 0 fully saturated rings. The smallest absolute Gasteiger partial charge is 0.405 e. The van der Waals surface area contributed by atoms with Crippen LogP contribution in [0.3, 0.4) is 0 Å². The molecule has 2 rings (SSSR count). The van der Waals surface area contributed by atoms with Crippen molar-refractivity contribution in [1.82, 2.24) is 4.98 Å². The van der Waals surface area contributed by atoms with Gasteiger partial charge in [0.25, 0.3) is 6.47 Å². The number of carbonyl (C=O) groups is 2. The Labute approximate surface area is 141 Å². The maximum atomic E-state index is 10.0. The van der Waals surface area contributed by atoms with Crippen molar-refractivity contribution in [2.45, 2.75) is 33.3 Å². The number of aromatic nitrogens is 1. The molecule has 7 heteroatoms. The topological polar surface area (TPSA) is 105 Å². The highest BCUT2D eigenvalue weighted by atomic mass is 16.6. The highest BCUT2D eigenvalue weighted by Gasteiger charge is 2.12. The van der Waals surface area contributed by atoms with Gasteiger partial charge in [0.2, 0.25) is 0 Å². The minimum Gasteiger partial charge on any atom is -0.471 e. The van der Waals surface area contributed by atoms with Gasteiger partial charge in [0.1, 0.15) is 11.1 Å². The van der Waals surface area contributed by atoms with Crippen LogP contribution in [-0.4, -0.2) is 30.3 Å². The van der Waals surface area contributed by atoms with Gasteiger partial charge in [-0.15, -0.1) is 0 Å². The summed E-state index contributed by atoms with van der Waals surface area (Å²) in [6, 6.07) is 1.93. The van der Waals surface area contributed by atoms with E-state index in [0.29, 0.717) is 6.47 Å². The van der Waals surface area contributed by atoms with Gasteiger partial charge >= 0.3 is 6.09 Å². The molecule has 0 bridgehead atoms. The zero-order chi connectivity index (χ0) is 18.8. The molecule has 2 N–H and O–H groups in total. The number of hydrogen-bond acceptors (Lipinski definition) is 6. The highest BCUT2D eigenvalue weighted by molar-refractivity contribution is 5.78. The van der Waals surface area contributed by atoms with Crippen LogP contribution < -0.4 is 5.73 Å². The van der Waals surface area contributed by atoms with Crippen molar-refractivity contribution < 1.29 is 23.5 Å².